The summed E-state index contributed by atoms with van der Waals surface area (Å²) in [7, 11) is -4.14. The lowest BCUT2D eigenvalue weighted by atomic mass is 10.1. The van der Waals surface area contributed by atoms with Gasteiger partial charge in [0.25, 0.3) is 0 Å². The molecule has 0 saturated heterocycles. The number of aliphatic hydroxyl groups is 1. The van der Waals surface area contributed by atoms with Crippen molar-refractivity contribution < 1.29 is 31.1 Å². The van der Waals surface area contributed by atoms with Crippen LogP contribution in [0.1, 0.15) is 19.4 Å². The molecule has 0 aliphatic rings. The Morgan fingerprint density at radius 1 is 1.22 bits per heavy atom. The number of nitrogens with one attached hydrogen (secondary N) is 1. The second kappa shape index (κ2) is 8.11. The molecule has 0 fully saturated rings. The summed E-state index contributed by atoms with van der Waals surface area (Å²) in [5.41, 5.74) is -3.10. The standard InChI is InChI=1S/C18H18F4N6O3S/c1-17(2,29)9-28-8-10(6-25-28)15-12(18(20,21)22)7-24-16(27-15)26-14-4-3-11(5-13(14)19)32(23,30)31/h3-8,29H,9H2,1-2H3,(H2,23,30,31)(H,24,26,27). The van der Waals surface area contributed by atoms with Crippen LogP contribution >= 0.6 is 0 Å². The third-order valence-corrected chi connectivity index (χ3v) is 4.98. The molecule has 0 amide bonds. The van der Waals surface area contributed by atoms with E-state index in [1.54, 1.807) is 0 Å². The van der Waals surface area contributed by atoms with Crippen molar-refractivity contribution in [2.75, 3.05) is 5.32 Å². The van der Waals surface area contributed by atoms with Gasteiger partial charge in [0.15, 0.2) is 0 Å². The van der Waals surface area contributed by atoms with E-state index in [4.69, 9.17) is 5.14 Å². The number of benzene rings is 1. The van der Waals surface area contributed by atoms with Gasteiger partial charge in [0, 0.05) is 18.0 Å². The van der Waals surface area contributed by atoms with Gasteiger partial charge in [-0.2, -0.15) is 18.3 Å². The van der Waals surface area contributed by atoms with Crippen molar-refractivity contribution >= 4 is 21.7 Å². The summed E-state index contributed by atoms with van der Waals surface area (Å²) in [6, 6.07) is 2.72. The summed E-state index contributed by atoms with van der Waals surface area (Å²) >= 11 is 0. The third-order valence-electron chi connectivity index (χ3n) is 4.07. The summed E-state index contributed by atoms with van der Waals surface area (Å²) < 4.78 is 78.6. The number of sulfonamides is 1. The third kappa shape index (κ3) is 5.57. The maximum atomic E-state index is 14.3. The average Bonchev–Trinajstić information content (AvgIpc) is 3.08. The highest BCUT2D eigenvalue weighted by atomic mass is 32.2. The first-order chi connectivity index (χ1) is 14.6. The Labute approximate surface area is 180 Å². The SMILES string of the molecule is CC(C)(O)Cn1cc(-c2nc(Nc3ccc(S(N)(=O)=O)cc3F)ncc2C(F)(F)F)cn1. The molecule has 0 saturated carbocycles. The number of aromatic nitrogens is 4. The van der Waals surface area contributed by atoms with E-state index in [1.165, 1.54) is 24.7 Å². The predicted molar refractivity (Wildman–Crippen MR) is 106 cm³/mol. The number of halogens is 4. The Bertz CT molecular complexity index is 1250. The number of hydrogen-bond acceptors (Lipinski definition) is 7. The maximum Gasteiger partial charge on any atom is 0.419 e. The van der Waals surface area contributed by atoms with Gasteiger partial charge in [0.05, 0.1) is 34.6 Å². The van der Waals surface area contributed by atoms with Crippen molar-refractivity contribution in [3.63, 3.8) is 0 Å². The van der Waals surface area contributed by atoms with Gasteiger partial charge in [0.2, 0.25) is 16.0 Å². The quantitative estimate of drug-likeness (QED) is 0.467. The molecule has 4 N–H and O–H groups in total. The Hall–Kier alpha value is -3.10. The van der Waals surface area contributed by atoms with Crippen molar-refractivity contribution in [3.8, 4) is 11.3 Å². The van der Waals surface area contributed by atoms with Crippen molar-refractivity contribution in [2.24, 2.45) is 5.14 Å². The minimum Gasteiger partial charge on any atom is -0.389 e. The topological polar surface area (TPSA) is 136 Å². The van der Waals surface area contributed by atoms with Crippen molar-refractivity contribution in [1.82, 2.24) is 19.7 Å². The first-order valence-electron chi connectivity index (χ1n) is 8.92. The second-order valence-electron chi connectivity index (χ2n) is 7.50. The normalized spacial score (nSPS) is 12.8. The van der Waals surface area contributed by atoms with Crippen molar-refractivity contribution in [3.05, 3.63) is 48.2 Å². The van der Waals surface area contributed by atoms with Crippen molar-refractivity contribution in [2.45, 2.75) is 37.1 Å². The fourth-order valence-corrected chi connectivity index (χ4v) is 3.26. The molecular weight excluding hydrogens is 456 g/mol. The van der Waals surface area contributed by atoms with Crippen LogP contribution in [0.15, 0.2) is 41.7 Å². The molecule has 0 unspecified atom stereocenters. The zero-order chi connectivity index (χ0) is 23.9. The van der Waals surface area contributed by atoms with Gasteiger partial charge in [-0.15, -0.1) is 0 Å². The largest absolute Gasteiger partial charge is 0.419 e. The summed E-state index contributed by atoms with van der Waals surface area (Å²) in [4.78, 5) is 6.97. The van der Waals surface area contributed by atoms with Crippen molar-refractivity contribution in [1.29, 1.82) is 0 Å². The zero-order valence-corrected chi connectivity index (χ0v) is 17.5. The molecule has 172 valence electrons. The van der Waals surface area contributed by atoms with Crippen LogP contribution in [0.25, 0.3) is 11.3 Å². The molecule has 3 rings (SSSR count). The van der Waals surface area contributed by atoms with E-state index in [-0.39, 0.29) is 23.7 Å². The van der Waals surface area contributed by atoms with Crippen LogP contribution in [-0.4, -0.2) is 38.9 Å². The van der Waals surface area contributed by atoms with Crippen LogP contribution in [-0.2, 0) is 22.7 Å². The molecule has 0 radical (unpaired) electrons. The molecule has 1 aromatic carbocycles. The van der Waals surface area contributed by atoms with Crippen LogP contribution in [0.2, 0.25) is 0 Å². The van der Waals surface area contributed by atoms with Gasteiger partial charge in [-0.25, -0.2) is 27.9 Å². The van der Waals surface area contributed by atoms with Gasteiger partial charge in [-0.1, -0.05) is 0 Å². The Morgan fingerprint density at radius 2 is 1.91 bits per heavy atom. The summed E-state index contributed by atoms with van der Waals surface area (Å²) in [5, 5.41) is 21.2. The minimum atomic E-state index is -4.78. The number of hydrogen-bond donors (Lipinski definition) is 3. The summed E-state index contributed by atoms with van der Waals surface area (Å²) in [6.07, 6.45) is -1.82. The fraction of sp³-hybridized carbons (Fsp3) is 0.278. The number of nitrogens with zero attached hydrogens (tertiary/aromatic N) is 4. The van der Waals surface area contributed by atoms with Crippen LogP contribution in [0, 0.1) is 5.82 Å². The molecule has 2 aromatic heterocycles. The Balaban J connectivity index is 2.00. The van der Waals surface area contributed by atoms with E-state index < -0.39 is 43.8 Å². The summed E-state index contributed by atoms with van der Waals surface area (Å²) in [5.74, 6) is -1.40. The van der Waals surface area contributed by atoms with E-state index in [1.807, 2.05) is 0 Å². The Kier molecular flexibility index (Phi) is 5.97. The molecule has 9 nitrogen and oxygen atoms in total. The lowest BCUT2D eigenvalue weighted by Crippen LogP contribution is -2.26. The number of rotatable bonds is 6. The monoisotopic (exact) mass is 474 g/mol. The van der Waals surface area contributed by atoms with Gasteiger partial charge < -0.3 is 10.4 Å². The highest BCUT2D eigenvalue weighted by Gasteiger charge is 2.36. The molecular formula is C18H18F4N6O3S. The van der Waals surface area contributed by atoms with Crippen LogP contribution in [0.5, 0.6) is 0 Å². The van der Waals surface area contributed by atoms with Gasteiger partial charge in [-0.05, 0) is 32.0 Å². The smallest absolute Gasteiger partial charge is 0.389 e. The number of nitrogens with two attached hydrogens (primary N) is 1. The van der Waals surface area contributed by atoms with Gasteiger partial charge >= 0.3 is 6.18 Å². The Morgan fingerprint density at radius 3 is 2.47 bits per heavy atom. The molecule has 14 heteroatoms. The molecule has 2 heterocycles. The first-order valence-corrected chi connectivity index (χ1v) is 10.5. The molecule has 0 spiro atoms. The lowest BCUT2D eigenvalue weighted by molar-refractivity contribution is -0.137. The highest BCUT2D eigenvalue weighted by Crippen LogP contribution is 2.36. The number of alkyl halides is 3. The number of primary sulfonamides is 1. The molecule has 32 heavy (non-hydrogen) atoms. The van der Waals surface area contributed by atoms with E-state index in [0.29, 0.717) is 12.3 Å². The highest BCUT2D eigenvalue weighted by molar-refractivity contribution is 7.89. The number of anilines is 2. The van der Waals surface area contributed by atoms with E-state index in [0.717, 1.165) is 18.3 Å². The molecule has 0 atom stereocenters. The lowest BCUT2D eigenvalue weighted by Gasteiger charge is -2.16. The average molecular weight is 474 g/mol. The van der Waals surface area contributed by atoms with E-state index in [2.05, 4.69) is 20.4 Å². The maximum absolute atomic E-state index is 14.3. The first kappa shape index (κ1) is 23.6. The second-order valence-corrected chi connectivity index (χ2v) is 9.07. The molecule has 0 aliphatic heterocycles. The van der Waals surface area contributed by atoms with Crippen LogP contribution < -0.4 is 10.5 Å². The van der Waals surface area contributed by atoms with Crippen LogP contribution in [0.4, 0.5) is 29.2 Å². The van der Waals surface area contributed by atoms with Gasteiger partial charge in [-0.3, -0.25) is 4.68 Å². The summed E-state index contributed by atoms with van der Waals surface area (Å²) in [6.45, 7) is 3.04. The van der Waals surface area contributed by atoms with E-state index >= 15 is 0 Å². The van der Waals surface area contributed by atoms with Crippen LogP contribution in [0.3, 0.4) is 0 Å². The molecule has 0 bridgehead atoms. The zero-order valence-electron chi connectivity index (χ0n) is 16.7. The molecule has 3 aromatic rings. The fourth-order valence-electron chi connectivity index (χ4n) is 2.73. The molecule has 0 aliphatic carbocycles. The van der Waals surface area contributed by atoms with E-state index in [9.17, 15) is 31.1 Å². The minimum absolute atomic E-state index is 0.00271. The van der Waals surface area contributed by atoms with Gasteiger partial charge in [0.1, 0.15) is 11.4 Å². The predicted octanol–water partition coefficient (Wildman–Crippen LogP) is 2.66.